The Morgan fingerprint density at radius 2 is 1.90 bits per heavy atom. The first-order chi connectivity index (χ1) is 14.7. The molecule has 166 valence electrons. The average molecular weight is 480 g/mol. The minimum atomic E-state index is -3.47. The first kappa shape index (κ1) is 23.3. The fraction of sp³-hybridized carbons (Fsp3) is 0.350. The number of benzene rings is 1. The predicted octanol–water partition coefficient (Wildman–Crippen LogP) is 3.37. The maximum Gasteiger partial charge on any atom is 0.243 e. The number of sulfonamides is 1. The molecule has 0 spiro atoms. The van der Waals surface area contributed by atoms with Crippen molar-refractivity contribution in [3.8, 4) is 10.7 Å². The first-order valence-corrected chi connectivity index (χ1v) is 12.7. The third kappa shape index (κ3) is 5.88. The summed E-state index contributed by atoms with van der Waals surface area (Å²) in [4.78, 5) is 13.8. The van der Waals surface area contributed by atoms with Gasteiger partial charge in [-0.05, 0) is 55.6 Å². The van der Waals surface area contributed by atoms with Gasteiger partial charge in [-0.2, -0.15) is 5.10 Å². The van der Waals surface area contributed by atoms with E-state index in [1.165, 1.54) is 11.3 Å². The minimum absolute atomic E-state index is 0.151. The third-order valence-corrected chi connectivity index (χ3v) is 7.22. The number of hydrogen-bond donors (Lipinski definition) is 3. The zero-order valence-corrected chi connectivity index (χ0v) is 19.9. The summed E-state index contributed by atoms with van der Waals surface area (Å²) in [5, 5.41) is 11.8. The largest absolute Gasteiger partial charge is 0.350 e. The number of rotatable bonds is 9. The Bertz CT molecular complexity index is 1200. The van der Waals surface area contributed by atoms with E-state index < -0.39 is 16.1 Å². The van der Waals surface area contributed by atoms with Gasteiger partial charge in [-0.1, -0.05) is 30.3 Å². The van der Waals surface area contributed by atoms with Crippen LogP contribution in [0.5, 0.6) is 0 Å². The van der Waals surface area contributed by atoms with Crippen molar-refractivity contribution in [2.45, 2.75) is 45.2 Å². The maximum absolute atomic E-state index is 12.9. The Morgan fingerprint density at radius 1 is 1.19 bits per heavy atom. The molecule has 3 aromatic rings. The van der Waals surface area contributed by atoms with Gasteiger partial charge in [0.25, 0.3) is 0 Å². The Balaban J connectivity index is 1.74. The normalized spacial score (nSPS) is 12.8. The minimum Gasteiger partial charge on any atom is -0.350 e. The van der Waals surface area contributed by atoms with Crippen LogP contribution in [0.1, 0.15) is 37.9 Å². The molecular weight excluding hydrogens is 454 g/mol. The Hall–Kier alpha value is -2.34. The number of carbonyl (C=O) groups excluding carboxylic acids is 1. The maximum atomic E-state index is 12.9. The van der Waals surface area contributed by atoms with Crippen molar-refractivity contribution in [3.63, 3.8) is 0 Å². The summed E-state index contributed by atoms with van der Waals surface area (Å²) >= 11 is 6.84. The van der Waals surface area contributed by atoms with Gasteiger partial charge in [0.2, 0.25) is 15.9 Å². The lowest BCUT2D eigenvalue weighted by Gasteiger charge is -2.17. The van der Waals surface area contributed by atoms with Crippen LogP contribution >= 0.6 is 23.6 Å². The highest BCUT2D eigenvalue weighted by Crippen LogP contribution is 2.25. The highest BCUT2D eigenvalue weighted by Gasteiger charge is 2.22. The molecular formula is C20H25N5O3S3. The lowest BCUT2D eigenvalue weighted by Crippen LogP contribution is -2.33. The summed E-state index contributed by atoms with van der Waals surface area (Å²) < 4.78 is 29.3. The van der Waals surface area contributed by atoms with E-state index >= 15 is 0 Å². The molecule has 1 aromatic carbocycles. The predicted molar refractivity (Wildman–Crippen MR) is 125 cm³/mol. The van der Waals surface area contributed by atoms with Crippen LogP contribution in [-0.2, 0) is 27.1 Å². The van der Waals surface area contributed by atoms with Gasteiger partial charge < -0.3 is 5.32 Å². The van der Waals surface area contributed by atoms with Crippen molar-refractivity contribution >= 4 is 39.5 Å². The molecule has 8 nitrogen and oxygen atoms in total. The molecule has 0 aliphatic carbocycles. The van der Waals surface area contributed by atoms with Crippen LogP contribution in [0.2, 0.25) is 0 Å². The van der Waals surface area contributed by atoms with Crippen molar-refractivity contribution in [1.29, 1.82) is 0 Å². The molecule has 2 aromatic heterocycles. The first-order valence-electron chi connectivity index (χ1n) is 9.73. The summed E-state index contributed by atoms with van der Waals surface area (Å²) in [6, 6.07) is 10.2. The Kier molecular flexibility index (Phi) is 7.42. The average Bonchev–Trinajstić information content (AvgIpc) is 3.34. The van der Waals surface area contributed by atoms with Gasteiger partial charge in [-0.15, -0.1) is 11.3 Å². The molecule has 0 saturated heterocycles. The molecule has 3 N–H and O–H groups in total. The highest BCUT2D eigenvalue weighted by molar-refractivity contribution is 7.88. The van der Waals surface area contributed by atoms with Crippen LogP contribution < -0.4 is 10.0 Å². The van der Waals surface area contributed by atoms with Gasteiger partial charge in [0.1, 0.15) is 6.04 Å². The van der Waals surface area contributed by atoms with Gasteiger partial charge >= 0.3 is 0 Å². The lowest BCUT2D eigenvalue weighted by atomic mass is 10.1. The number of nitrogens with zero attached hydrogens (tertiary/aromatic N) is 2. The van der Waals surface area contributed by atoms with E-state index in [2.05, 4.69) is 20.2 Å². The molecule has 0 fully saturated rings. The molecule has 1 amide bonds. The summed E-state index contributed by atoms with van der Waals surface area (Å²) in [5.41, 5.74) is 1.38. The fourth-order valence-corrected chi connectivity index (χ4v) is 5.66. The number of H-pyrrole nitrogens is 1. The van der Waals surface area contributed by atoms with Crippen molar-refractivity contribution in [2.24, 2.45) is 0 Å². The van der Waals surface area contributed by atoms with Crippen molar-refractivity contribution < 1.29 is 13.2 Å². The number of aromatic nitrogens is 3. The molecule has 31 heavy (non-hydrogen) atoms. The number of carbonyl (C=O) groups is 1. The van der Waals surface area contributed by atoms with Crippen LogP contribution in [-0.4, -0.2) is 35.1 Å². The highest BCUT2D eigenvalue weighted by atomic mass is 32.2. The smallest absolute Gasteiger partial charge is 0.243 e. The number of hydrogen-bond acceptors (Lipinski definition) is 6. The Morgan fingerprint density at radius 3 is 2.55 bits per heavy atom. The molecule has 0 bridgehead atoms. The van der Waals surface area contributed by atoms with Crippen LogP contribution in [0.25, 0.3) is 10.7 Å². The number of amides is 1. The second-order valence-corrected chi connectivity index (χ2v) is 10.5. The van der Waals surface area contributed by atoms with Crippen molar-refractivity contribution in [2.75, 3.05) is 0 Å². The molecule has 0 aliphatic heterocycles. The van der Waals surface area contributed by atoms with Gasteiger partial charge in [0.15, 0.2) is 10.6 Å². The zero-order valence-electron chi connectivity index (χ0n) is 17.5. The topological polar surface area (TPSA) is 109 Å². The Labute approximate surface area is 190 Å². The second-order valence-electron chi connectivity index (χ2n) is 7.39. The monoisotopic (exact) mass is 479 g/mol. The lowest BCUT2D eigenvalue weighted by molar-refractivity contribution is -0.124. The van der Waals surface area contributed by atoms with Crippen LogP contribution in [0, 0.1) is 4.77 Å². The molecule has 0 aliphatic rings. The zero-order chi connectivity index (χ0) is 22.6. The van der Waals surface area contributed by atoms with E-state index in [-0.39, 0.29) is 24.2 Å². The number of aromatic amines is 1. The van der Waals surface area contributed by atoms with E-state index in [4.69, 9.17) is 12.2 Å². The summed E-state index contributed by atoms with van der Waals surface area (Å²) in [5.74, 6) is 0.212. The summed E-state index contributed by atoms with van der Waals surface area (Å²) in [7, 11) is -3.47. The second kappa shape index (κ2) is 9.86. The number of thiophene rings is 1. The van der Waals surface area contributed by atoms with Crippen molar-refractivity contribution in [1.82, 2.24) is 24.8 Å². The molecule has 11 heteroatoms. The standard InChI is InChI=1S/C20H25N5O3S3/c1-13(2)24-31(27,28)12-16-8-5-4-7-15(16)11-21-19(26)14(3)25-18(22-23-20(25)29)17-9-6-10-30-17/h4-10,13-14,24H,11-12H2,1-3H3,(H,21,26)(H,23,29). The van der Waals surface area contributed by atoms with Gasteiger partial charge in [-0.25, -0.2) is 13.1 Å². The van der Waals surface area contributed by atoms with Crippen molar-refractivity contribution in [3.05, 3.63) is 57.7 Å². The van der Waals surface area contributed by atoms with Crippen LogP contribution in [0.15, 0.2) is 41.8 Å². The molecule has 2 heterocycles. The van der Waals surface area contributed by atoms with E-state index in [1.54, 1.807) is 37.5 Å². The molecule has 1 atom stereocenters. The molecule has 1 unspecified atom stereocenters. The van der Waals surface area contributed by atoms with E-state index in [0.717, 1.165) is 10.4 Å². The third-order valence-electron chi connectivity index (χ3n) is 4.54. The van der Waals surface area contributed by atoms with Gasteiger partial charge in [0.05, 0.1) is 10.6 Å². The quantitative estimate of drug-likeness (QED) is 0.408. The number of nitrogens with one attached hydrogen (secondary N) is 3. The SMILES string of the molecule is CC(C)NS(=O)(=O)Cc1ccccc1CNC(=O)C(C)n1c(-c2cccs2)n[nH]c1=S. The van der Waals surface area contributed by atoms with Gasteiger partial charge in [-0.3, -0.25) is 14.5 Å². The van der Waals surface area contributed by atoms with E-state index in [0.29, 0.717) is 16.2 Å². The van der Waals surface area contributed by atoms with Crippen LogP contribution in [0.3, 0.4) is 0 Å². The molecule has 0 saturated carbocycles. The van der Waals surface area contributed by atoms with E-state index in [1.807, 2.05) is 29.6 Å². The van der Waals surface area contributed by atoms with Gasteiger partial charge in [0, 0.05) is 12.6 Å². The van der Waals surface area contributed by atoms with E-state index in [9.17, 15) is 13.2 Å². The molecule has 3 rings (SSSR count). The fourth-order valence-electron chi connectivity index (χ4n) is 3.17. The summed E-state index contributed by atoms with van der Waals surface area (Å²) in [6.45, 7) is 5.50. The summed E-state index contributed by atoms with van der Waals surface area (Å²) in [6.07, 6.45) is 0. The molecule has 0 radical (unpaired) electrons. The van der Waals surface area contributed by atoms with Crippen LogP contribution in [0.4, 0.5) is 0 Å².